The average molecular weight is 293 g/mol. The Balaban J connectivity index is 1.79. The van der Waals surface area contributed by atoms with Gasteiger partial charge in [-0.05, 0) is 45.0 Å². The topological polar surface area (TPSA) is 74.6 Å². The van der Waals surface area contributed by atoms with Crippen molar-refractivity contribution in [3.8, 4) is 0 Å². The van der Waals surface area contributed by atoms with Crippen LogP contribution in [0.5, 0.6) is 0 Å². The lowest BCUT2D eigenvalue weighted by Gasteiger charge is -2.32. The zero-order valence-corrected chi connectivity index (χ0v) is 12.4. The van der Waals surface area contributed by atoms with Crippen LogP contribution in [0.25, 0.3) is 0 Å². The number of carboxylic acids is 1. The number of hydrogen-bond acceptors (Lipinski definition) is 3. The van der Waals surface area contributed by atoms with Gasteiger partial charge >= 0.3 is 5.97 Å². The molecule has 6 nitrogen and oxygen atoms in total. The van der Waals surface area contributed by atoms with Crippen molar-refractivity contribution in [2.45, 2.75) is 38.8 Å². The van der Waals surface area contributed by atoms with Gasteiger partial charge in [-0.15, -0.1) is 0 Å². The Kier molecular flexibility index (Phi) is 5.38. The number of rotatable bonds is 6. The van der Waals surface area contributed by atoms with E-state index in [0.29, 0.717) is 12.6 Å². The van der Waals surface area contributed by atoms with E-state index in [1.807, 2.05) is 0 Å². The molecule has 1 aliphatic rings. The fourth-order valence-corrected chi connectivity index (χ4v) is 2.71. The third kappa shape index (κ3) is 4.32. The van der Waals surface area contributed by atoms with Gasteiger partial charge in [0, 0.05) is 18.8 Å². The Morgan fingerprint density at radius 1 is 1.33 bits per heavy atom. The van der Waals surface area contributed by atoms with Crippen LogP contribution in [0.15, 0.2) is 18.3 Å². The van der Waals surface area contributed by atoms with E-state index < -0.39 is 5.97 Å². The number of nitrogens with zero attached hydrogens (tertiary/aromatic N) is 2. The van der Waals surface area contributed by atoms with Gasteiger partial charge in [-0.2, -0.15) is 0 Å². The van der Waals surface area contributed by atoms with E-state index in [4.69, 9.17) is 5.11 Å². The molecule has 0 aromatic carbocycles. The Morgan fingerprint density at radius 2 is 2.05 bits per heavy atom. The van der Waals surface area contributed by atoms with Crippen LogP contribution in [0.2, 0.25) is 0 Å². The SMILES string of the molecule is CC(CNC(=O)Cn1cccc1C(=O)O)N1CCCCC1. The molecule has 0 radical (unpaired) electrons. The van der Waals surface area contributed by atoms with Crippen molar-refractivity contribution >= 4 is 11.9 Å². The summed E-state index contributed by atoms with van der Waals surface area (Å²) in [6.07, 6.45) is 5.35. The minimum Gasteiger partial charge on any atom is -0.477 e. The van der Waals surface area contributed by atoms with Crippen molar-refractivity contribution < 1.29 is 14.7 Å². The molecule has 0 bridgehead atoms. The monoisotopic (exact) mass is 293 g/mol. The van der Waals surface area contributed by atoms with Crippen LogP contribution in [-0.2, 0) is 11.3 Å². The Bertz CT molecular complexity index is 492. The molecular weight excluding hydrogens is 270 g/mol. The van der Waals surface area contributed by atoms with Gasteiger partial charge in [-0.25, -0.2) is 4.79 Å². The number of carbonyl (C=O) groups is 2. The zero-order valence-electron chi connectivity index (χ0n) is 12.4. The van der Waals surface area contributed by atoms with Crippen LogP contribution in [0.4, 0.5) is 0 Å². The van der Waals surface area contributed by atoms with Crippen molar-refractivity contribution in [1.82, 2.24) is 14.8 Å². The maximum Gasteiger partial charge on any atom is 0.352 e. The first-order valence-corrected chi connectivity index (χ1v) is 7.47. The first-order valence-electron chi connectivity index (χ1n) is 7.47. The molecule has 1 aromatic rings. The average Bonchev–Trinajstić information content (AvgIpc) is 2.94. The highest BCUT2D eigenvalue weighted by Gasteiger charge is 2.17. The van der Waals surface area contributed by atoms with E-state index in [-0.39, 0.29) is 18.1 Å². The van der Waals surface area contributed by atoms with Crippen LogP contribution in [0.1, 0.15) is 36.7 Å². The smallest absolute Gasteiger partial charge is 0.352 e. The molecule has 1 amide bonds. The molecule has 116 valence electrons. The maximum atomic E-state index is 11.9. The van der Waals surface area contributed by atoms with Crippen LogP contribution >= 0.6 is 0 Å². The van der Waals surface area contributed by atoms with E-state index >= 15 is 0 Å². The van der Waals surface area contributed by atoms with Gasteiger partial charge in [0.25, 0.3) is 0 Å². The number of carbonyl (C=O) groups excluding carboxylic acids is 1. The van der Waals surface area contributed by atoms with E-state index in [1.165, 1.54) is 29.9 Å². The van der Waals surface area contributed by atoms with Crippen LogP contribution in [-0.4, -0.2) is 52.1 Å². The fraction of sp³-hybridized carbons (Fsp3) is 0.600. The molecule has 0 aliphatic carbocycles. The number of piperidine rings is 1. The minimum atomic E-state index is -1.02. The first kappa shape index (κ1) is 15.6. The standard InChI is InChI=1S/C15H23N3O3/c1-12(17-7-3-2-4-8-17)10-16-14(19)11-18-9-5-6-13(18)15(20)21/h5-6,9,12H,2-4,7-8,10-11H2,1H3,(H,16,19)(H,20,21). The molecule has 0 spiro atoms. The quantitative estimate of drug-likeness (QED) is 0.826. The third-order valence-electron chi connectivity index (χ3n) is 3.97. The van der Waals surface area contributed by atoms with Crippen molar-refractivity contribution in [1.29, 1.82) is 0 Å². The van der Waals surface area contributed by atoms with Crippen molar-refractivity contribution in [3.63, 3.8) is 0 Å². The van der Waals surface area contributed by atoms with E-state index in [1.54, 1.807) is 12.3 Å². The summed E-state index contributed by atoms with van der Waals surface area (Å²) in [5.41, 5.74) is 0.134. The summed E-state index contributed by atoms with van der Waals surface area (Å²) in [5.74, 6) is -1.17. The van der Waals surface area contributed by atoms with Gasteiger partial charge in [0.1, 0.15) is 12.2 Å². The first-order chi connectivity index (χ1) is 10.1. The molecule has 2 heterocycles. The number of aromatic nitrogens is 1. The van der Waals surface area contributed by atoms with Gasteiger partial charge in [0.05, 0.1) is 0 Å². The number of amides is 1. The number of aromatic carboxylic acids is 1. The van der Waals surface area contributed by atoms with Crippen LogP contribution in [0, 0.1) is 0 Å². The van der Waals surface area contributed by atoms with E-state index in [9.17, 15) is 9.59 Å². The Hall–Kier alpha value is -1.82. The Labute approximate surface area is 124 Å². The van der Waals surface area contributed by atoms with Gasteiger partial charge in [0.2, 0.25) is 5.91 Å². The van der Waals surface area contributed by atoms with Gasteiger partial charge < -0.3 is 15.0 Å². The summed E-state index contributed by atoms with van der Waals surface area (Å²) in [6, 6.07) is 3.44. The number of likely N-dealkylation sites (tertiary alicyclic amines) is 1. The highest BCUT2D eigenvalue weighted by Crippen LogP contribution is 2.11. The zero-order chi connectivity index (χ0) is 15.2. The van der Waals surface area contributed by atoms with E-state index in [2.05, 4.69) is 17.1 Å². The van der Waals surface area contributed by atoms with Gasteiger partial charge in [-0.1, -0.05) is 6.42 Å². The van der Waals surface area contributed by atoms with Crippen LogP contribution in [0.3, 0.4) is 0 Å². The molecule has 1 unspecified atom stereocenters. The molecule has 2 N–H and O–H groups in total. The predicted octanol–water partition coefficient (Wildman–Crippen LogP) is 1.18. The highest BCUT2D eigenvalue weighted by molar-refractivity contribution is 5.86. The summed E-state index contributed by atoms with van der Waals surface area (Å²) in [6.45, 7) is 4.95. The second kappa shape index (κ2) is 7.26. The van der Waals surface area contributed by atoms with Gasteiger partial charge in [-0.3, -0.25) is 9.69 Å². The molecule has 1 atom stereocenters. The number of nitrogens with one attached hydrogen (secondary N) is 1. The molecule has 1 fully saturated rings. The van der Waals surface area contributed by atoms with Crippen molar-refractivity contribution in [2.24, 2.45) is 0 Å². The summed E-state index contributed by atoms with van der Waals surface area (Å²) in [4.78, 5) is 25.3. The number of hydrogen-bond donors (Lipinski definition) is 2. The molecular formula is C15H23N3O3. The van der Waals surface area contributed by atoms with Crippen molar-refractivity contribution in [2.75, 3.05) is 19.6 Å². The highest BCUT2D eigenvalue weighted by atomic mass is 16.4. The third-order valence-corrected chi connectivity index (χ3v) is 3.97. The largest absolute Gasteiger partial charge is 0.477 e. The molecule has 1 saturated heterocycles. The summed E-state index contributed by atoms with van der Waals surface area (Å²) >= 11 is 0. The fourth-order valence-electron chi connectivity index (χ4n) is 2.71. The molecule has 2 rings (SSSR count). The lowest BCUT2D eigenvalue weighted by molar-refractivity contribution is -0.121. The van der Waals surface area contributed by atoms with Gasteiger partial charge in [0.15, 0.2) is 0 Å². The molecule has 1 aromatic heterocycles. The predicted molar refractivity (Wildman–Crippen MR) is 79.3 cm³/mol. The molecule has 6 heteroatoms. The Morgan fingerprint density at radius 3 is 2.71 bits per heavy atom. The second-order valence-corrected chi connectivity index (χ2v) is 5.58. The summed E-state index contributed by atoms with van der Waals surface area (Å²) < 4.78 is 1.45. The maximum absolute atomic E-state index is 11.9. The molecule has 21 heavy (non-hydrogen) atoms. The molecule has 1 aliphatic heterocycles. The molecule has 0 saturated carbocycles. The van der Waals surface area contributed by atoms with E-state index in [0.717, 1.165) is 13.1 Å². The second-order valence-electron chi connectivity index (χ2n) is 5.58. The normalized spacial score (nSPS) is 17.4. The van der Waals surface area contributed by atoms with Crippen LogP contribution < -0.4 is 5.32 Å². The lowest BCUT2D eigenvalue weighted by atomic mass is 10.1. The number of carboxylic acid groups (broad SMARTS) is 1. The summed E-state index contributed by atoms with van der Waals surface area (Å²) in [7, 11) is 0. The lowest BCUT2D eigenvalue weighted by Crippen LogP contribution is -2.45. The summed E-state index contributed by atoms with van der Waals surface area (Å²) in [5, 5.41) is 11.9. The van der Waals surface area contributed by atoms with Crippen molar-refractivity contribution in [3.05, 3.63) is 24.0 Å². The minimum absolute atomic E-state index is 0.0430.